The van der Waals surface area contributed by atoms with Crippen LogP contribution in [0.4, 0.5) is 5.13 Å². The van der Waals surface area contributed by atoms with Crippen molar-refractivity contribution in [1.29, 1.82) is 0 Å². The summed E-state index contributed by atoms with van der Waals surface area (Å²) in [5.74, 6) is 1.89. The molecule has 0 aliphatic heterocycles. The lowest BCUT2D eigenvalue weighted by Crippen LogP contribution is -2.13. The molecular formula is C9H13N5OS2. The van der Waals surface area contributed by atoms with E-state index in [9.17, 15) is 0 Å². The van der Waals surface area contributed by atoms with Crippen LogP contribution in [0.3, 0.4) is 0 Å². The predicted octanol–water partition coefficient (Wildman–Crippen LogP) is 2.09. The van der Waals surface area contributed by atoms with Gasteiger partial charge in [0.2, 0.25) is 11.0 Å². The van der Waals surface area contributed by atoms with E-state index in [2.05, 4.69) is 20.3 Å². The van der Waals surface area contributed by atoms with Crippen molar-refractivity contribution in [2.45, 2.75) is 36.3 Å². The van der Waals surface area contributed by atoms with Crippen LogP contribution >= 0.6 is 23.1 Å². The van der Waals surface area contributed by atoms with Gasteiger partial charge < -0.3 is 10.3 Å². The quantitative estimate of drug-likeness (QED) is 0.855. The maximum Gasteiger partial charge on any atom is 0.237 e. The first-order valence-electron chi connectivity index (χ1n) is 5.00. The molecule has 17 heavy (non-hydrogen) atoms. The third kappa shape index (κ3) is 3.16. The molecule has 2 rings (SSSR count). The Balaban J connectivity index is 1.98. The molecule has 0 spiro atoms. The Morgan fingerprint density at radius 2 is 2.12 bits per heavy atom. The van der Waals surface area contributed by atoms with E-state index in [0.29, 0.717) is 22.6 Å². The van der Waals surface area contributed by atoms with E-state index < -0.39 is 0 Å². The lowest BCUT2D eigenvalue weighted by Gasteiger charge is -2.10. The fourth-order valence-electron chi connectivity index (χ4n) is 1.02. The van der Waals surface area contributed by atoms with Crippen molar-refractivity contribution in [2.24, 2.45) is 0 Å². The molecule has 0 aromatic carbocycles. The van der Waals surface area contributed by atoms with Gasteiger partial charge in [-0.25, -0.2) is 0 Å². The largest absolute Gasteiger partial charge is 0.374 e. The van der Waals surface area contributed by atoms with Gasteiger partial charge in [-0.2, -0.15) is 4.98 Å². The van der Waals surface area contributed by atoms with E-state index >= 15 is 0 Å². The zero-order chi connectivity index (χ0) is 12.5. The first-order valence-corrected chi connectivity index (χ1v) is 6.80. The lowest BCUT2D eigenvalue weighted by molar-refractivity contribution is 0.373. The number of nitrogen functional groups attached to an aromatic ring is 1. The summed E-state index contributed by atoms with van der Waals surface area (Å²) in [6.07, 6.45) is 0. The van der Waals surface area contributed by atoms with Crippen LogP contribution in [0.15, 0.2) is 8.86 Å². The van der Waals surface area contributed by atoms with Crippen molar-refractivity contribution in [3.8, 4) is 0 Å². The number of aromatic nitrogens is 4. The molecule has 6 nitrogen and oxygen atoms in total. The van der Waals surface area contributed by atoms with E-state index in [1.54, 1.807) is 0 Å². The fourth-order valence-corrected chi connectivity index (χ4v) is 2.49. The Kier molecular flexibility index (Phi) is 3.34. The SMILES string of the molecule is CC(C)(C)c1noc(CSc2nnc(N)s2)n1. The predicted molar refractivity (Wildman–Crippen MR) is 66.9 cm³/mol. The molecule has 0 saturated heterocycles. The van der Waals surface area contributed by atoms with Gasteiger partial charge in [0, 0.05) is 5.41 Å². The monoisotopic (exact) mass is 271 g/mol. The van der Waals surface area contributed by atoms with Gasteiger partial charge in [-0.1, -0.05) is 49.0 Å². The van der Waals surface area contributed by atoms with Gasteiger partial charge in [0.05, 0.1) is 5.75 Å². The Morgan fingerprint density at radius 1 is 1.35 bits per heavy atom. The molecule has 2 aromatic heterocycles. The molecule has 0 unspecified atom stereocenters. The highest BCUT2D eigenvalue weighted by Crippen LogP contribution is 2.27. The number of nitrogens with two attached hydrogens (primary N) is 1. The molecule has 0 atom stereocenters. The highest BCUT2D eigenvalue weighted by Gasteiger charge is 2.21. The average Bonchev–Trinajstić information content (AvgIpc) is 2.82. The first kappa shape index (κ1) is 12.3. The smallest absolute Gasteiger partial charge is 0.237 e. The van der Waals surface area contributed by atoms with Crippen LogP contribution < -0.4 is 5.73 Å². The van der Waals surface area contributed by atoms with Crippen LogP contribution in [0.1, 0.15) is 32.5 Å². The average molecular weight is 271 g/mol. The molecule has 0 amide bonds. The van der Waals surface area contributed by atoms with Gasteiger partial charge >= 0.3 is 0 Å². The summed E-state index contributed by atoms with van der Waals surface area (Å²) in [7, 11) is 0. The van der Waals surface area contributed by atoms with E-state index in [0.717, 1.165) is 4.34 Å². The third-order valence-corrected chi connectivity index (χ3v) is 3.75. The van der Waals surface area contributed by atoms with Gasteiger partial charge in [-0.05, 0) is 0 Å². The van der Waals surface area contributed by atoms with Crippen LogP contribution in [0.5, 0.6) is 0 Å². The summed E-state index contributed by atoms with van der Waals surface area (Å²) >= 11 is 2.83. The molecule has 8 heteroatoms. The number of rotatable bonds is 3. The summed E-state index contributed by atoms with van der Waals surface area (Å²) in [4.78, 5) is 4.33. The standard InChI is InChI=1S/C9H13N5OS2/c1-9(2,3)6-11-5(15-14-6)4-16-8-13-12-7(10)17-8/h4H2,1-3H3,(H2,10,12). The molecule has 92 valence electrons. The molecule has 0 fully saturated rings. The van der Waals surface area contributed by atoms with Crippen molar-refractivity contribution in [2.75, 3.05) is 5.73 Å². The van der Waals surface area contributed by atoms with Crippen molar-refractivity contribution in [3.63, 3.8) is 0 Å². The summed E-state index contributed by atoms with van der Waals surface area (Å²) in [5.41, 5.74) is 5.39. The molecule has 0 aliphatic rings. The lowest BCUT2D eigenvalue weighted by atomic mass is 9.96. The van der Waals surface area contributed by atoms with E-state index in [1.807, 2.05) is 20.8 Å². The van der Waals surface area contributed by atoms with Crippen LogP contribution in [0.2, 0.25) is 0 Å². The molecular weight excluding hydrogens is 258 g/mol. The molecule has 0 saturated carbocycles. The molecule has 2 heterocycles. The zero-order valence-corrected chi connectivity index (χ0v) is 11.4. The molecule has 2 aromatic rings. The van der Waals surface area contributed by atoms with Crippen molar-refractivity contribution in [3.05, 3.63) is 11.7 Å². The maximum absolute atomic E-state index is 5.49. The Labute approximate surface area is 107 Å². The topological polar surface area (TPSA) is 90.7 Å². The van der Waals surface area contributed by atoms with Crippen LogP contribution in [-0.4, -0.2) is 20.3 Å². The summed E-state index contributed by atoms with van der Waals surface area (Å²) in [6, 6.07) is 0. The molecule has 2 N–H and O–H groups in total. The summed E-state index contributed by atoms with van der Waals surface area (Å²) in [6.45, 7) is 6.13. The summed E-state index contributed by atoms with van der Waals surface area (Å²) < 4.78 is 5.97. The maximum atomic E-state index is 5.49. The second-order valence-corrected chi connectivity index (χ2v) is 6.69. The normalized spacial score (nSPS) is 11.9. The molecule has 0 aliphatic carbocycles. The first-order chi connectivity index (χ1) is 7.95. The highest BCUT2D eigenvalue weighted by atomic mass is 32.2. The van der Waals surface area contributed by atoms with Gasteiger partial charge in [-0.3, -0.25) is 0 Å². The van der Waals surface area contributed by atoms with E-state index in [1.165, 1.54) is 23.1 Å². The minimum atomic E-state index is -0.0976. The minimum absolute atomic E-state index is 0.0976. The van der Waals surface area contributed by atoms with Gasteiger partial charge in [0.15, 0.2) is 10.2 Å². The number of hydrogen-bond acceptors (Lipinski definition) is 8. The number of nitrogens with zero attached hydrogens (tertiary/aromatic N) is 4. The Morgan fingerprint density at radius 3 is 2.65 bits per heavy atom. The molecule has 0 radical (unpaired) electrons. The van der Waals surface area contributed by atoms with Crippen LogP contribution in [-0.2, 0) is 11.2 Å². The van der Waals surface area contributed by atoms with Crippen molar-refractivity contribution in [1.82, 2.24) is 20.3 Å². The zero-order valence-electron chi connectivity index (χ0n) is 9.80. The van der Waals surface area contributed by atoms with Crippen LogP contribution in [0, 0.1) is 0 Å². The fraction of sp³-hybridized carbons (Fsp3) is 0.556. The second kappa shape index (κ2) is 4.61. The highest BCUT2D eigenvalue weighted by molar-refractivity contribution is 8.00. The molecule has 0 bridgehead atoms. The van der Waals surface area contributed by atoms with Crippen molar-refractivity contribution >= 4 is 28.2 Å². The number of anilines is 1. The minimum Gasteiger partial charge on any atom is -0.374 e. The number of hydrogen-bond donors (Lipinski definition) is 1. The second-order valence-electron chi connectivity index (χ2n) is 4.46. The van der Waals surface area contributed by atoms with E-state index in [4.69, 9.17) is 10.3 Å². The van der Waals surface area contributed by atoms with E-state index in [-0.39, 0.29) is 5.41 Å². The van der Waals surface area contributed by atoms with Gasteiger partial charge in [-0.15, -0.1) is 10.2 Å². The van der Waals surface area contributed by atoms with Crippen LogP contribution in [0.25, 0.3) is 0 Å². The third-order valence-electron chi connectivity index (χ3n) is 1.88. The Hall–Kier alpha value is -1.15. The Bertz CT molecular complexity index is 501. The number of thioether (sulfide) groups is 1. The van der Waals surface area contributed by atoms with Crippen molar-refractivity contribution < 1.29 is 4.52 Å². The van der Waals surface area contributed by atoms with Gasteiger partial charge in [0.25, 0.3) is 0 Å². The van der Waals surface area contributed by atoms with Gasteiger partial charge in [0.1, 0.15) is 0 Å². The summed E-state index contributed by atoms with van der Waals surface area (Å²) in [5, 5.41) is 12.0.